The van der Waals surface area contributed by atoms with Crippen molar-refractivity contribution in [3.8, 4) is 0 Å². The van der Waals surface area contributed by atoms with Crippen molar-refractivity contribution in [1.82, 2.24) is 4.98 Å². The van der Waals surface area contributed by atoms with E-state index in [1.807, 2.05) is 0 Å². The number of nitrogens with zero attached hydrogens (tertiary/aromatic N) is 1. The second-order valence-electron chi connectivity index (χ2n) is 3.99. The highest BCUT2D eigenvalue weighted by atomic mass is 35.5. The molecule has 0 amide bonds. The second kappa shape index (κ2) is 5.11. The van der Waals surface area contributed by atoms with Gasteiger partial charge >= 0.3 is 0 Å². The Kier molecular flexibility index (Phi) is 3.68. The zero-order valence-corrected chi connectivity index (χ0v) is 11.6. The highest BCUT2D eigenvalue weighted by Crippen LogP contribution is 2.14. The van der Waals surface area contributed by atoms with E-state index in [4.69, 9.17) is 11.6 Å². The molecule has 0 saturated heterocycles. The van der Waals surface area contributed by atoms with Gasteiger partial charge in [-0.1, -0.05) is 11.6 Å². The third-order valence-corrected chi connectivity index (χ3v) is 3.74. The zero-order chi connectivity index (χ0) is 14.0. The first kappa shape index (κ1) is 13.7. The molecule has 1 aromatic heterocycles. The molecule has 6 heteroatoms. The van der Waals surface area contributed by atoms with Crippen molar-refractivity contribution in [2.75, 3.05) is 6.26 Å². The standard InChI is InChI=1S/C13H10ClNO3S/c1-19(17,18)12-7-4-10(8-15-12)13(16)9-2-5-11(14)6-3-9/h2-8H,1H3. The molecule has 0 spiro atoms. The van der Waals surface area contributed by atoms with Crippen molar-refractivity contribution in [2.24, 2.45) is 0 Å². The van der Waals surface area contributed by atoms with Crippen LogP contribution in [0.3, 0.4) is 0 Å². The van der Waals surface area contributed by atoms with Crippen LogP contribution in [0.5, 0.6) is 0 Å². The maximum absolute atomic E-state index is 12.1. The lowest BCUT2D eigenvalue weighted by Crippen LogP contribution is -2.05. The van der Waals surface area contributed by atoms with Gasteiger partial charge in [0.05, 0.1) is 0 Å². The number of aromatic nitrogens is 1. The van der Waals surface area contributed by atoms with E-state index in [9.17, 15) is 13.2 Å². The van der Waals surface area contributed by atoms with Gasteiger partial charge in [0.2, 0.25) is 0 Å². The van der Waals surface area contributed by atoms with Gasteiger partial charge in [0.25, 0.3) is 0 Å². The Morgan fingerprint density at radius 2 is 1.63 bits per heavy atom. The van der Waals surface area contributed by atoms with Crippen LogP contribution in [0, 0.1) is 0 Å². The van der Waals surface area contributed by atoms with Crippen LogP contribution >= 0.6 is 11.6 Å². The van der Waals surface area contributed by atoms with E-state index in [0.717, 1.165) is 6.26 Å². The smallest absolute Gasteiger partial charge is 0.194 e. The first-order chi connectivity index (χ1) is 8.88. The highest BCUT2D eigenvalue weighted by molar-refractivity contribution is 7.90. The number of rotatable bonds is 3. The average molecular weight is 296 g/mol. The molecular formula is C13H10ClNO3S. The summed E-state index contributed by atoms with van der Waals surface area (Å²) in [6.45, 7) is 0. The highest BCUT2D eigenvalue weighted by Gasteiger charge is 2.12. The monoisotopic (exact) mass is 295 g/mol. The predicted octanol–water partition coefficient (Wildman–Crippen LogP) is 2.37. The summed E-state index contributed by atoms with van der Waals surface area (Å²) in [7, 11) is -3.36. The number of hydrogen-bond acceptors (Lipinski definition) is 4. The number of sulfone groups is 1. The van der Waals surface area contributed by atoms with Gasteiger partial charge in [-0.15, -0.1) is 0 Å². The molecule has 0 aliphatic heterocycles. The first-order valence-corrected chi connectivity index (χ1v) is 7.61. The lowest BCUT2D eigenvalue weighted by atomic mass is 10.1. The Bertz CT molecular complexity index is 707. The van der Waals surface area contributed by atoms with Crippen molar-refractivity contribution in [2.45, 2.75) is 5.03 Å². The molecule has 0 aliphatic carbocycles. The minimum atomic E-state index is -3.36. The largest absolute Gasteiger partial charge is 0.289 e. The SMILES string of the molecule is CS(=O)(=O)c1ccc(C(=O)c2ccc(Cl)cc2)cn1. The molecule has 1 aromatic carbocycles. The average Bonchev–Trinajstić information content (AvgIpc) is 2.38. The summed E-state index contributed by atoms with van der Waals surface area (Å²) in [6, 6.07) is 9.21. The number of pyridine rings is 1. The summed E-state index contributed by atoms with van der Waals surface area (Å²) < 4.78 is 22.5. The maximum Gasteiger partial charge on any atom is 0.194 e. The van der Waals surface area contributed by atoms with Crippen LogP contribution in [-0.4, -0.2) is 25.4 Å². The van der Waals surface area contributed by atoms with E-state index in [1.54, 1.807) is 24.3 Å². The minimum Gasteiger partial charge on any atom is -0.289 e. The van der Waals surface area contributed by atoms with Crippen LogP contribution in [0.15, 0.2) is 47.6 Å². The van der Waals surface area contributed by atoms with Crippen LogP contribution in [0.1, 0.15) is 15.9 Å². The molecule has 4 nitrogen and oxygen atoms in total. The summed E-state index contributed by atoms with van der Waals surface area (Å²) in [5, 5.41) is 0.488. The fourth-order valence-corrected chi connectivity index (χ4v) is 2.19. The lowest BCUT2D eigenvalue weighted by molar-refractivity contribution is 0.103. The molecule has 2 rings (SSSR count). The number of halogens is 1. The third kappa shape index (κ3) is 3.19. The summed E-state index contributed by atoms with van der Waals surface area (Å²) in [5.74, 6) is -0.232. The molecule has 0 atom stereocenters. The van der Waals surface area contributed by atoms with Gasteiger partial charge in [-0.2, -0.15) is 0 Å². The van der Waals surface area contributed by atoms with Crippen LogP contribution in [0.2, 0.25) is 5.02 Å². The van der Waals surface area contributed by atoms with Gasteiger partial charge in [0.1, 0.15) is 0 Å². The summed E-state index contributed by atoms with van der Waals surface area (Å²) >= 11 is 5.74. The van der Waals surface area contributed by atoms with E-state index < -0.39 is 9.84 Å². The van der Waals surface area contributed by atoms with Crippen molar-refractivity contribution >= 4 is 27.2 Å². The Morgan fingerprint density at radius 3 is 2.11 bits per heavy atom. The van der Waals surface area contributed by atoms with Crippen LogP contribution in [0.4, 0.5) is 0 Å². The van der Waals surface area contributed by atoms with E-state index in [1.165, 1.54) is 18.3 Å². The molecule has 0 fully saturated rings. The predicted molar refractivity (Wildman–Crippen MR) is 72.2 cm³/mol. The molecule has 0 unspecified atom stereocenters. The van der Waals surface area contributed by atoms with Crippen LogP contribution in [-0.2, 0) is 9.84 Å². The maximum atomic E-state index is 12.1. The Labute approximate surface area is 116 Å². The molecule has 2 aromatic rings. The molecule has 19 heavy (non-hydrogen) atoms. The Balaban J connectivity index is 2.32. The van der Waals surface area contributed by atoms with Crippen molar-refractivity contribution < 1.29 is 13.2 Å². The van der Waals surface area contributed by atoms with Gasteiger partial charge in [-0.3, -0.25) is 4.79 Å². The molecule has 0 bridgehead atoms. The molecule has 0 radical (unpaired) electrons. The quantitative estimate of drug-likeness (QED) is 0.816. The molecule has 98 valence electrons. The third-order valence-electron chi connectivity index (χ3n) is 2.48. The van der Waals surface area contributed by atoms with Gasteiger partial charge in [0, 0.05) is 28.6 Å². The second-order valence-corrected chi connectivity index (χ2v) is 6.39. The Hall–Kier alpha value is -1.72. The van der Waals surface area contributed by atoms with Crippen LogP contribution in [0.25, 0.3) is 0 Å². The summed E-state index contributed by atoms with van der Waals surface area (Å²) in [5.41, 5.74) is 0.799. The van der Waals surface area contributed by atoms with Crippen molar-refractivity contribution in [3.05, 3.63) is 58.7 Å². The molecular weight excluding hydrogens is 286 g/mol. The number of carbonyl (C=O) groups excluding carboxylic acids is 1. The fourth-order valence-electron chi connectivity index (χ4n) is 1.50. The van der Waals surface area contributed by atoms with Gasteiger partial charge in [-0.25, -0.2) is 13.4 Å². The number of hydrogen-bond donors (Lipinski definition) is 0. The lowest BCUT2D eigenvalue weighted by Gasteiger charge is -2.02. The normalized spacial score (nSPS) is 11.3. The zero-order valence-electron chi connectivity index (χ0n) is 10.00. The van der Waals surface area contributed by atoms with Gasteiger partial charge < -0.3 is 0 Å². The van der Waals surface area contributed by atoms with E-state index in [0.29, 0.717) is 16.1 Å². The molecule has 0 aliphatic rings. The Morgan fingerprint density at radius 1 is 1.05 bits per heavy atom. The number of benzene rings is 1. The first-order valence-electron chi connectivity index (χ1n) is 5.34. The fraction of sp³-hybridized carbons (Fsp3) is 0.0769. The molecule has 0 N–H and O–H groups in total. The van der Waals surface area contributed by atoms with E-state index in [-0.39, 0.29) is 10.8 Å². The van der Waals surface area contributed by atoms with Gasteiger partial charge in [-0.05, 0) is 36.4 Å². The van der Waals surface area contributed by atoms with Crippen LogP contribution < -0.4 is 0 Å². The topological polar surface area (TPSA) is 64.1 Å². The minimum absolute atomic E-state index is 0.0554. The van der Waals surface area contributed by atoms with E-state index in [2.05, 4.69) is 4.98 Å². The summed E-state index contributed by atoms with van der Waals surface area (Å²) in [4.78, 5) is 15.9. The van der Waals surface area contributed by atoms with Gasteiger partial charge in [0.15, 0.2) is 20.6 Å². The van der Waals surface area contributed by atoms with Crippen molar-refractivity contribution in [1.29, 1.82) is 0 Å². The molecule has 0 saturated carbocycles. The number of ketones is 1. The summed E-state index contributed by atoms with van der Waals surface area (Å²) in [6.07, 6.45) is 2.32. The molecule has 1 heterocycles. The van der Waals surface area contributed by atoms with Crippen molar-refractivity contribution in [3.63, 3.8) is 0 Å². The number of carbonyl (C=O) groups is 1. The van der Waals surface area contributed by atoms with E-state index >= 15 is 0 Å².